The molecule has 2 aliphatic rings. The van der Waals surface area contributed by atoms with Gasteiger partial charge in [0.1, 0.15) is 0 Å². The number of nitriles is 1. The maximum Gasteiger partial charge on any atom is 0.231 e. The summed E-state index contributed by atoms with van der Waals surface area (Å²) in [5.41, 5.74) is 3.21. The standard InChI is InChI=1S/C20H20BrN3O2/c21-18-10-20-19(25-14-26-20)9-17(18)13-24-7-5-23(6-8-24)12-16-3-1-15(11-22)2-4-16/h1-4,9-10H,5-8,12-14H2. The van der Waals surface area contributed by atoms with E-state index in [1.807, 2.05) is 18.2 Å². The zero-order valence-electron chi connectivity index (χ0n) is 14.4. The van der Waals surface area contributed by atoms with E-state index < -0.39 is 0 Å². The van der Waals surface area contributed by atoms with Crippen molar-refractivity contribution in [1.29, 1.82) is 5.26 Å². The van der Waals surface area contributed by atoms with E-state index in [0.29, 0.717) is 12.4 Å². The topological polar surface area (TPSA) is 48.7 Å². The Balaban J connectivity index is 1.32. The molecule has 2 aromatic carbocycles. The fourth-order valence-corrected chi connectivity index (χ4v) is 3.82. The molecule has 1 fully saturated rings. The summed E-state index contributed by atoms with van der Waals surface area (Å²) >= 11 is 3.65. The van der Waals surface area contributed by atoms with Gasteiger partial charge in [-0.15, -0.1) is 0 Å². The fraction of sp³-hybridized carbons (Fsp3) is 0.350. The minimum absolute atomic E-state index is 0.305. The quantitative estimate of drug-likeness (QED) is 0.768. The number of fused-ring (bicyclic) bond motifs is 1. The third-order valence-corrected chi connectivity index (χ3v) is 5.63. The summed E-state index contributed by atoms with van der Waals surface area (Å²) in [6.07, 6.45) is 0. The Labute approximate surface area is 161 Å². The van der Waals surface area contributed by atoms with Gasteiger partial charge in [0, 0.05) is 43.7 Å². The number of nitrogens with zero attached hydrogens (tertiary/aromatic N) is 3. The Morgan fingerprint density at radius 2 is 1.54 bits per heavy atom. The van der Waals surface area contributed by atoms with Crippen LogP contribution in [0.2, 0.25) is 0 Å². The summed E-state index contributed by atoms with van der Waals surface area (Å²) in [6, 6.07) is 14.1. The average Bonchev–Trinajstić information content (AvgIpc) is 3.11. The summed E-state index contributed by atoms with van der Waals surface area (Å²) < 4.78 is 12.0. The van der Waals surface area contributed by atoms with Gasteiger partial charge in [-0.1, -0.05) is 28.1 Å². The molecule has 26 heavy (non-hydrogen) atoms. The van der Waals surface area contributed by atoms with Gasteiger partial charge >= 0.3 is 0 Å². The van der Waals surface area contributed by atoms with Crippen LogP contribution in [0, 0.1) is 11.3 Å². The van der Waals surface area contributed by atoms with Crippen LogP contribution in [0.4, 0.5) is 0 Å². The van der Waals surface area contributed by atoms with Crippen molar-refractivity contribution in [3.63, 3.8) is 0 Å². The summed E-state index contributed by atoms with van der Waals surface area (Å²) in [6.45, 7) is 6.31. The van der Waals surface area contributed by atoms with Crippen molar-refractivity contribution in [2.75, 3.05) is 33.0 Å². The number of benzene rings is 2. The molecule has 0 N–H and O–H groups in total. The van der Waals surface area contributed by atoms with Crippen LogP contribution < -0.4 is 9.47 Å². The monoisotopic (exact) mass is 413 g/mol. The van der Waals surface area contributed by atoms with Gasteiger partial charge in [-0.3, -0.25) is 9.80 Å². The molecule has 0 spiro atoms. The predicted molar refractivity (Wildman–Crippen MR) is 102 cm³/mol. The highest BCUT2D eigenvalue weighted by molar-refractivity contribution is 9.10. The van der Waals surface area contributed by atoms with Gasteiger partial charge in [0.2, 0.25) is 6.79 Å². The van der Waals surface area contributed by atoms with Gasteiger partial charge < -0.3 is 9.47 Å². The largest absolute Gasteiger partial charge is 0.454 e. The zero-order chi connectivity index (χ0) is 17.9. The summed E-state index contributed by atoms with van der Waals surface area (Å²) in [5.74, 6) is 1.65. The Morgan fingerprint density at radius 3 is 2.19 bits per heavy atom. The normalized spacial score (nSPS) is 17.2. The highest BCUT2D eigenvalue weighted by Crippen LogP contribution is 2.37. The van der Waals surface area contributed by atoms with Gasteiger partial charge in [-0.25, -0.2) is 0 Å². The van der Waals surface area contributed by atoms with E-state index in [9.17, 15) is 0 Å². The number of hydrogen-bond donors (Lipinski definition) is 0. The van der Waals surface area contributed by atoms with Crippen LogP contribution in [0.25, 0.3) is 0 Å². The van der Waals surface area contributed by atoms with Crippen LogP contribution >= 0.6 is 15.9 Å². The first-order valence-corrected chi connectivity index (χ1v) is 9.52. The number of piperazine rings is 1. The third kappa shape index (κ3) is 3.85. The lowest BCUT2D eigenvalue weighted by Gasteiger charge is -2.35. The molecule has 0 radical (unpaired) electrons. The van der Waals surface area contributed by atoms with Crippen molar-refractivity contribution < 1.29 is 9.47 Å². The van der Waals surface area contributed by atoms with Crippen LogP contribution in [-0.4, -0.2) is 42.8 Å². The Bertz CT molecular complexity index is 824. The van der Waals surface area contributed by atoms with Crippen molar-refractivity contribution in [3.8, 4) is 17.6 Å². The van der Waals surface area contributed by atoms with Crippen LogP contribution in [-0.2, 0) is 13.1 Å². The second-order valence-corrected chi connectivity index (χ2v) is 7.51. The lowest BCUT2D eigenvalue weighted by molar-refractivity contribution is 0.122. The molecule has 0 atom stereocenters. The maximum absolute atomic E-state index is 8.89. The van der Waals surface area contributed by atoms with Crippen molar-refractivity contribution in [1.82, 2.24) is 9.80 Å². The fourth-order valence-electron chi connectivity index (χ4n) is 3.37. The van der Waals surface area contributed by atoms with Gasteiger partial charge in [-0.05, 0) is 35.4 Å². The molecule has 0 aliphatic carbocycles. The molecule has 0 saturated carbocycles. The summed E-state index contributed by atoms with van der Waals surface area (Å²) in [4.78, 5) is 4.93. The molecule has 134 valence electrons. The van der Waals surface area contributed by atoms with E-state index in [2.05, 4.69) is 50.0 Å². The van der Waals surface area contributed by atoms with E-state index >= 15 is 0 Å². The lowest BCUT2D eigenvalue weighted by atomic mass is 10.1. The highest BCUT2D eigenvalue weighted by atomic mass is 79.9. The molecule has 2 aromatic rings. The Hall–Kier alpha value is -2.07. The Kier molecular flexibility index (Phi) is 5.11. The second-order valence-electron chi connectivity index (χ2n) is 6.66. The van der Waals surface area contributed by atoms with E-state index in [1.54, 1.807) is 0 Å². The van der Waals surface area contributed by atoms with Gasteiger partial charge in [-0.2, -0.15) is 5.26 Å². The molecular weight excluding hydrogens is 394 g/mol. The van der Waals surface area contributed by atoms with E-state index in [-0.39, 0.29) is 0 Å². The molecule has 6 heteroatoms. The molecule has 5 nitrogen and oxygen atoms in total. The van der Waals surface area contributed by atoms with E-state index in [4.69, 9.17) is 14.7 Å². The lowest BCUT2D eigenvalue weighted by Crippen LogP contribution is -2.45. The third-order valence-electron chi connectivity index (χ3n) is 4.89. The van der Waals surface area contributed by atoms with Gasteiger partial charge in [0.05, 0.1) is 11.6 Å². The van der Waals surface area contributed by atoms with E-state index in [1.165, 1.54) is 11.1 Å². The molecule has 4 rings (SSSR count). The Morgan fingerprint density at radius 1 is 0.923 bits per heavy atom. The minimum Gasteiger partial charge on any atom is -0.454 e. The van der Waals surface area contributed by atoms with E-state index in [0.717, 1.165) is 55.2 Å². The molecular formula is C20H20BrN3O2. The molecule has 0 amide bonds. The number of halogens is 1. The van der Waals surface area contributed by atoms with Gasteiger partial charge in [0.25, 0.3) is 0 Å². The first kappa shape index (κ1) is 17.3. The number of hydrogen-bond acceptors (Lipinski definition) is 5. The zero-order valence-corrected chi connectivity index (χ0v) is 16.0. The molecule has 0 aromatic heterocycles. The van der Waals surface area contributed by atoms with Crippen molar-refractivity contribution in [2.24, 2.45) is 0 Å². The number of ether oxygens (including phenoxy) is 2. The van der Waals surface area contributed by atoms with Crippen LogP contribution in [0.1, 0.15) is 16.7 Å². The maximum atomic E-state index is 8.89. The first-order valence-electron chi connectivity index (χ1n) is 8.73. The minimum atomic E-state index is 0.305. The second kappa shape index (κ2) is 7.67. The molecule has 1 saturated heterocycles. The SMILES string of the molecule is N#Cc1ccc(CN2CCN(Cc3cc4c(cc3Br)OCO4)CC2)cc1. The number of rotatable bonds is 4. The summed E-state index contributed by atoms with van der Waals surface area (Å²) in [7, 11) is 0. The average molecular weight is 414 g/mol. The van der Waals surface area contributed by atoms with Crippen LogP contribution in [0.15, 0.2) is 40.9 Å². The first-order chi connectivity index (χ1) is 12.7. The van der Waals surface area contributed by atoms with Gasteiger partial charge in [0.15, 0.2) is 11.5 Å². The smallest absolute Gasteiger partial charge is 0.231 e. The molecule has 2 heterocycles. The van der Waals surface area contributed by atoms with Crippen LogP contribution in [0.5, 0.6) is 11.5 Å². The van der Waals surface area contributed by atoms with Crippen LogP contribution in [0.3, 0.4) is 0 Å². The molecule has 2 aliphatic heterocycles. The van der Waals surface area contributed by atoms with Crippen molar-refractivity contribution in [3.05, 3.63) is 57.6 Å². The molecule has 0 bridgehead atoms. The van der Waals surface area contributed by atoms with Crippen molar-refractivity contribution in [2.45, 2.75) is 13.1 Å². The highest BCUT2D eigenvalue weighted by Gasteiger charge is 2.21. The summed E-state index contributed by atoms with van der Waals surface area (Å²) in [5, 5.41) is 8.89. The predicted octanol–water partition coefficient (Wildman–Crippen LogP) is 3.37. The molecule has 0 unspecified atom stereocenters. The van der Waals surface area contributed by atoms with Crippen molar-refractivity contribution >= 4 is 15.9 Å².